The molecule has 0 saturated heterocycles. The van der Waals surface area contributed by atoms with Crippen molar-refractivity contribution in [2.24, 2.45) is 5.92 Å². The molecule has 8 heteroatoms. The van der Waals surface area contributed by atoms with Crippen LogP contribution < -0.4 is 10.1 Å². The number of carboxylic acids is 1. The summed E-state index contributed by atoms with van der Waals surface area (Å²) in [6, 6.07) is 5.46. The molecule has 0 aliphatic carbocycles. The number of benzene rings is 1. The first-order valence-corrected chi connectivity index (χ1v) is 6.30. The summed E-state index contributed by atoms with van der Waals surface area (Å²) < 4.78 is 5.12. The van der Waals surface area contributed by atoms with Crippen LogP contribution in [-0.2, 0) is 9.59 Å². The standard InChI is InChI=1S/C13H16N2O6/c1-2-9(13(17)18)7-14-12(16)8-21-11-5-3-4-10(6-11)15(19)20/h3-6,9H,2,7-8H2,1H3,(H,14,16)(H,17,18). The van der Waals surface area contributed by atoms with Gasteiger partial charge in [0, 0.05) is 12.6 Å². The number of ether oxygens (including phenoxy) is 1. The molecule has 0 spiro atoms. The Morgan fingerprint density at radius 3 is 2.76 bits per heavy atom. The first kappa shape index (κ1) is 16.4. The molecule has 0 aliphatic heterocycles. The van der Waals surface area contributed by atoms with Gasteiger partial charge in [-0.15, -0.1) is 0 Å². The number of hydrogen-bond acceptors (Lipinski definition) is 5. The number of amides is 1. The Hall–Kier alpha value is -2.64. The summed E-state index contributed by atoms with van der Waals surface area (Å²) in [7, 11) is 0. The third kappa shape index (κ3) is 5.47. The highest BCUT2D eigenvalue weighted by Gasteiger charge is 2.16. The molecule has 0 fully saturated rings. The minimum atomic E-state index is -0.975. The lowest BCUT2D eigenvalue weighted by Gasteiger charge is -2.11. The second kappa shape index (κ2) is 7.83. The zero-order valence-corrected chi connectivity index (χ0v) is 11.4. The lowest BCUT2D eigenvalue weighted by molar-refractivity contribution is -0.384. The number of nitrogens with one attached hydrogen (secondary N) is 1. The van der Waals surface area contributed by atoms with Gasteiger partial charge in [-0.25, -0.2) is 0 Å². The van der Waals surface area contributed by atoms with Crippen LogP contribution in [0.1, 0.15) is 13.3 Å². The van der Waals surface area contributed by atoms with Crippen LogP contribution in [0.2, 0.25) is 0 Å². The van der Waals surface area contributed by atoms with Gasteiger partial charge in [-0.05, 0) is 12.5 Å². The van der Waals surface area contributed by atoms with Gasteiger partial charge in [0.05, 0.1) is 16.9 Å². The van der Waals surface area contributed by atoms with Crippen molar-refractivity contribution < 1.29 is 24.4 Å². The van der Waals surface area contributed by atoms with Crippen molar-refractivity contribution in [2.45, 2.75) is 13.3 Å². The van der Waals surface area contributed by atoms with E-state index in [0.29, 0.717) is 6.42 Å². The topological polar surface area (TPSA) is 119 Å². The van der Waals surface area contributed by atoms with Gasteiger partial charge in [-0.3, -0.25) is 19.7 Å². The van der Waals surface area contributed by atoms with Crippen LogP contribution >= 0.6 is 0 Å². The fourth-order valence-electron chi connectivity index (χ4n) is 1.53. The van der Waals surface area contributed by atoms with E-state index in [4.69, 9.17) is 9.84 Å². The molecular weight excluding hydrogens is 280 g/mol. The second-order valence-corrected chi connectivity index (χ2v) is 4.29. The fourth-order valence-corrected chi connectivity index (χ4v) is 1.53. The predicted octanol–water partition coefficient (Wildman–Crippen LogP) is 1.20. The van der Waals surface area contributed by atoms with Crippen LogP contribution in [0.25, 0.3) is 0 Å². The van der Waals surface area contributed by atoms with E-state index in [1.54, 1.807) is 6.92 Å². The number of nitrogens with zero attached hydrogens (tertiary/aromatic N) is 1. The van der Waals surface area contributed by atoms with Crippen LogP contribution in [-0.4, -0.2) is 35.1 Å². The fraction of sp³-hybridized carbons (Fsp3) is 0.385. The third-order valence-corrected chi connectivity index (χ3v) is 2.79. The average Bonchev–Trinajstić information content (AvgIpc) is 2.45. The van der Waals surface area contributed by atoms with Gasteiger partial charge in [0.15, 0.2) is 6.61 Å². The highest BCUT2D eigenvalue weighted by atomic mass is 16.6. The number of nitro benzene ring substituents is 1. The van der Waals surface area contributed by atoms with Gasteiger partial charge >= 0.3 is 5.97 Å². The number of rotatable bonds is 8. The summed E-state index contributed by atoms with van der Waals surface area (Å²) >= 11 is 0. The van der Waals surface area contributed by atoms with Crippen LogP contribution in [0.15, 0.2) is 24.3 Å². The molecule has 2 N–H and O–H groups in total. The summed E-state index contributed by atoms with van der Waals surface area (Å²) in [4.78, 5) is 32.3. The predicted molar refractivity (Wildman–Crippen MR) is 73.0 cm³/mol. The number of non-ortho nitro benzene ring substituents is 1. The maximum Gasteiger partial charge on any atom is 0.308 e. The molecule has 114 valence electrons. The van der Waals surface area contributed by atoms with E-state index in [-0.39, 0.29) is 24.6 Å². The zero-order valence-electron chi connectivity index (χ0n) is 11.4. The highest BCUT2D eigenvalue weighted by molar-refractivity contribution is 5.78. The molecule has 0 heterocycles. The Bertz CT molecular complexity index is 531. The van der Waals surface area contributed by atoms with Crippen molar-refractivity contribution in [3.63, 3.8) is 0 Å². The number of aliphatic carboxylic acids is 1. The van der Waals surface area contributed by atoms with Crippen molar-refractivity contribution in [3.8, 4) is 5.75 Å². The van der Waals surface area contributed by atoms with Crippen molar-refractivity contribution in [1.29, 1.82) is 0 Å². The van der Waals surface area contributed by atoms with Crippen molar-refractivity contribution in [1.82, 2.24) is 5.32 Å². The quantitative estimate of drug-likeness (QED) is 0.549. The van der Waals surface area contributed by atoms with E-state index in [0.717, 1.165) is 0 Å². The maximum atomic E-state index is 11.5. The first-order valence-electron chi connectivity index (χ1n) is 6.30. The molecule has 0 aliphatic rings. The Kier molecular flexibility index (Phi) is 6.12. The van der Waals surface area contributed by atoms with Crippen molar-refractivity contribution >= 4 is 17.6 Å². The van der Waals surface area contributed by atoms with Crippen molar-refractivity contribution in [2.75, 3.05) is 13.2 Å². The lowest BCUT2D eigenvalue weighted by Crippen LogP contribution is -2.35. The Morgan fingerprint density at radius 2 is 2.19 bits per heavy atom. The summed E-state index contributed by atoms with van der Waals surface area (Å²) in [6.07, 6.45) is 0.404. The molecule has 21 heavy (non-hydrogen) atoms. The molecule has 8 nitrogen and oxygen atoms in total. The zero-order chi connectivity index (χ0) is 15.8. The smallest absolute Gasteiger partial charge is 0.308 e. The molecule has 1 rings (SSSR count). The Labute approximate surface area is 120 Å². The highest BCUT2D eigenvalue weighted by Crippen LogP contribution is 2.18. The van der Waals surface area contributed by atoms with Crippen LogP contribution in [0.4, 0.5) is 5.69 Å². The molecular formula is C13H16N2O6. The normalized spacial score (nSPS) is 11.5. The molecule has 0 aromatic heterocycles. The first-order chi connectivity index (χ1) is 9.93. The lowest BCUT2D eigenvalue weighted by atomic mass is 10.1. The second-order valence-electron chi connectivity index (χ2n) is 4.29. The molecule has 1 unspecified atom stereocenters. The average molecular weight is 296 g/mol. The molecule has 0 radical (unpaired) electrons. The summed E-state index contributed by atoms with van der Waals surface area (Å²) in [5, 5.41) is 21.9. The van der Waals surface area contributed by atoms with Gasteiger partial charge in [-0.2, -0.15) is 0 Å². The molecule has 0 bridgehead atoms. The van der Waals surface area contributed by atoms with Gasteiger partial charge in [0.2, 0.25) is 0 Å². The van der Waals surface area contributed by atoms with Crippen LogP contribution in [0.5, 0.6) is 5.75 Å². The van der Waals surface area contributed by atoms with Gasteiger partial charge in [-0.1, -0.05) is 13.0 Å². The summed E-state index contributed by atoms with van der Waals surface area (Å²) in [6.45, 7) is 1.39. The van der Waals surface area contributed by atoms with Gasteiger partial charge < -0.3 is 15.2 Å². The van der Waals surface area contributed by atoms with E-state index in [1.807, 2.05) is 0 Å². The molecule has 1 aromatic rings. The number of carbonyl (C=O) groups is 2. The van der Waals surface area contributed by atoms with Crippen LogP contribution in [0, 0.1) is 16.0 Å². The van der Waals surface area contributed by atoms with Crippen molar-refractivity contribution in [3.05, 3.63) is 34.4 Å². The Balaban J connectivity index is 2.44. The number of hydrogen-bond donors (Lipinski definition) is 2. The van der Waals surface area contributed by atoms with E-state index in [2.05, 4.69) is 5.32 Å². The third-order valence-electron chi connectivity index (χ3n) is 2.79. The number of carbonyl (C=O) groups excluding carboxylic acids is 1. The summed E-state index contributed by atoms with van der Waals surface area (Å²) in [5.41, 5.74) is -0.134. The van der Waals surface area contributed by atoms with E-state index < -0.39 is 22.7 Å². The molecule has 1 atom stereocenters. The van der Waals surface area contributed by atoms with Gasteiger partial charge in [0.1, 0.15) is 5.75 Å². The molecule has 0 saturated carbocycles. The minimum Gasteiger partial charge on any atom is -0.484 e. The monoisotopic (exact) mass is 296 g/mol. The van der Waals surface area contributed by atoms with Gasteiger partial charge in [0.25, 0.3) is 11.6 Å². The SMILES string of the molecule is CCC(CNC(=O)COc1cccc([N+](=O)[O-])c1)C(=O)O. The largest absolute Gasteiger partial charge is 0.484 e. The number of carboxylic acid groups (broad SMARTS) is 1. The number of nitro groups is 1. The maximum absolute atomic E-state index is 11.5. The van der Waals surface area contributed by atoms with E-state index in [9.17, 15) is 19.7 Å². The minimum absolute atomic E-state index is 0.0168. The summed E-state index contributed by atoms with van der Waals surface area (Å²) in [5.74, 6) is -1.91. The van der Waals surface area contributed by atoms with Crippen LogP contribution in [0.3, 0.4) is 0 Å². The molecule has 1 aromatic carbocycles. The Morgan fingerprint density at radius 1 is 1.48 bits per heavy atom. The molecule has 1 amide bonds. The van der Waals surface area contributed by atoms with E-state index in [1.165, 1.54) is 24.3 Å². The van der Waals surface area contributed by atoms with E-state index >= 15 is 0 Å².